The predicted molar refractivity (Wildman–Crippen MR) is 82.6 cm³/mol. The van der Waals surface area contributed by atoms with Gasteiger partial charge in [0.25, 0.3) is 0 Å². The first-order valence-electron chi connectivity index (χ1n) is 5.64. The quantitative estimate of drug-likeness (QED) is 0.731. The maximum atomic E-state index is 12.5. The number of pyridine rings is 1. The molecule has 0 fully saturated rings. The molecule has 0 aliphatic rings. The SMILES string of the molecule is COc1ccc(C(=O)c2ncc(Br)cc2Br)c(OC)c1. The third-order valence-corrected chi connectivity index (χ3v) is 3.71. The monoisotopic (exact) mass is 399 g/mol. The molecule has 20 heavy (non-hydrogen) atoms. The summed E-state index contributed by atoms with van der Waals surface area (Å²) < 4.78 is 11.8. The first-order chi connectivity index (χ1) is 9.56. The largest absolute Gasteiger partial charge is 0.497 e. The standard InChI is InChI=1S/C14H11Br2NO3/c1-19-9-3-4-10(12(6-9)20-2)14(18)13-11(16)5-8(15)7-17-13/h3-7H,1-2H3. The predicted octanol–water partition coefficient (Wildman–Crippen LogP) is 3.85. The number of rotatable bonds is 4. The van der Waals surface area contributed by atoms with E-state index in [0.29, 0.717) is 27.2 Å². The smallest absolute Gasteiger partial charge is 0.216 e. The molecule has 4 nitrogen and oxygen atoms in total. The van der Waals surface area contributed by atoms with E-state index in [4.69, 9.17) is 9.47 Å². The van der Waals surface area contributed by atoms with Crippen molar-refractivity contribution in [2.75, 3.05) is 14.2 Å². The van der Waals surface area contributed by atoms with E-state index in [-0.39, 0.29) is 5.78 Å². The van der Waals surface area contributed by atoms with E-state index in [1.54, 1.807) is 37.6 Å². The normalized spacial score (nSPS) is 10.2. The number of ketones is 1. The van der Waals surface area contributed by atoms with Crippen LogP contribution in [0.25, 0.3) is 0 Å². The zero-order valence-electron chi connectivity index (χ0n) is 10.8. The molecule has 0 spiro atoms. The lowest BCUT2D eigenvalue weighted by molar-refractivity contribution is 0.103. The number of carbonyl (C=O) groups excluding carboxylic acids is 1. The van der Waals surface area contributed by atoms with Gasteiger partial charge in [-0.3, -0.25) is 9.78 Å². The van der Waals surface area contributed by atoms with Crippen LogP contribution in [0.1, 0.15) is 16.1 Å². The molecule has 0 amide bonds. The Morgan fingerprint density at radius 1 is 1.15 bits per heavy atom. The molecule has 0 atom stereocenters. The van der Waals surface area contributed by atoms with Crippen LogP contribution in [0.3, 0.4) is 0 Å². The highest BCUT2D eigenvalue weighted by Crippen LogP contribution is 2.29. The minimum Gasteiger partial charge on any atom is -0.497 e. The summed E-state index contributed by atoms with van der Waals surface area (Å²) in [7, 11) is 3.07. The Morgan fingerprint density at radius 3 is 2.50 bits per heavy atom. The topological polar surface area (TPSA) is 48.4 Å². The fourth-order valence-electron chi connectivity index (χ4n) is 1.70. The van der Waals surface area contributed by atoms with Crippen LogP contribution in [0.4, 0.5) is 0 Å². The van der Waals surface area contributed by atoms with Crippen LogP contribution in [0.15, 0.2) is 39.4 Å². The van der Waals surface area contributed by atoms with E-state index < -0.39 is 0 Å². The summed E-state index contributed by atoms with van der Waals surface area (Å²) in [5.74, 6) is 0.857. The molecule has 1 aromatic heterocycles. The molecule has 6 heteroatoms. The molecule has 0 aliphatic heterocycles. The van der Waals surface area contributed by atoms with Gasteiger partial charge in [0.1, 0.15) is 17.2 Å². The lowest BCUT2D eigenvalue weighted by Crippen LogP contribution is -2.07. The number of hydrogen-bond acceptors (Lipinski definition) is 4. The van der Waals surface area contributed by atoms with E-state index in [1.807, 2.05) is 0 Å². The first kappa shape index (κ1) is 15.0. The van der Waals surface area contributed by atoms with E-state index in [9.17, 15) is 4.79 Å². The fraction of sp³-hybridized carbons (Fsp3) is 0.143. The highest BCUT2D eigenvalue weighted by Gasteiger charge is 2.19. The summed E-state index contributed by atoms with van der Waals surface area (Å²) in [6.45, 7) is 0. The van der Waals surface area contributed by atoms with E-state index >= 15 is 0 Å². The van der Waals surface area contributed by atoms with Gasteiger partial charge in [0.05, 0.1) is 19.8 Å². The molecule has 0 N–H and O–H groups in total. The van der Waals surface area contributed by atoms with Gasteiger partial charge in [-0.05, 0) is 50.1 Å². The van der Waals surface area contributed by atoms with E-state index in [1.165, 1.54) is 7.11 Å². The second-order valence-electron chi connectivity index (χ2n) is 3.88. The highest BCUT2D eigenvalue weighted by molar-refractivity contribution is 9.11. The van der Waals surface area contributed by atoms with Crippen LogP contribution < -0.4 is 9.47 Å². The Balaban J connectivity index is 2.47. The number of hydrogen-bond donors (Lipinski definition) is 0. The number of ether oxygens (including phenoxy) is 2. The number of halogens is 2. The van der Waals surface area contributed by atoms with Crippen molar-refractivity contribution in [1.29, 1.82) is 0 Å². The van der Waals surface area contributed by atoms with Crippen molar-refractivity contribution in [3.63, 3.8) is 0 Å². The third kappa shape index (κ3) is 3.02. The van der Waals surface area contributed by atoms with Crippen LogP contribution in [0, 0.1) is 0 Å². The van der Waals surface area contributed by atoms with Gasteiger partial charge in [0.15, 0.2) is 0 Å². The Labute approximate surface area is 133 Å². The van der Waals surface area contributed by atoms with Crippen molar-refractivity contribution in [2.24, 2.45) is 0 Å². The van der Waals surface area contributed by atoms with Crippen molar-refractivity contribution in [3.05, 3.63) is 50.7 Å². The molecule has 0 bridgehead atoms. The summed E-state index contributed by atoms with van der Waals surface area (Å²) >= 11 is 6.64. The van der Waals surface area contributed by atoms with Crippen LogP contribution in [-0.4, -0.2) is 25.0 Å². The van der Waals surface area contributed by atoms with Crippen molar-refractivity contribution < 1.29 is 14.3 Å². The number of aromatic nitrogens is 1. The Bertz CT molecular complexity index is 659. The molecular formula is C14H11Br2NO3. The fourth-order valence-corrected chi connectivity index (χ4v) is 2.86. The molecule has 2 aromatic rings. The lowest BCUT2D eigenvalue weighted by Gasteiger charge is -2.10. The van der Waals surface area contributed by atoms with Gasteiger partial charge in [-0.15, -0.1) is 0 Å². The second kappa shape index (κ2) is 6.37. The minimum absolute atomic E-state index is 0.219. The van der Waals surface area contributed by atoms with E-state index in [2.05, 4.69) is 36.8 Å². The number of carbonyl (C=O) groups is 1. The molecule has 0 saturated heterocycles. The molecule has 0 aliphatic carbocycles. The van der Waals surface area contributed by atoms with Gasteiger partial charge in [-0.1, -0.05) is 0 Å². The minimum atomic E-state index is -0.219. The van der Waals surface area contributed by atoms with Gasteiger partial charge < -0.3 is 9.47 Å². The van der Waals surface area contributed by atoms with Gasteiger partial charge in [0.2, 0.25) is 5.78 Å². The van der Waals surface area contributed by atoms with Crippen molar-refractivity contribution in [3.8, 4) is 11.5 Å². The first-order valence-corrected chi connectivity index (χ1v) is 7.23. The van der Waals surface area contributed by atoms with Gasteiger partial charge in [-0.2, -0.15) is 0 Å². The summed E-state index contributed by atoms with van der Waals surface area (Å²) in [6.07, 6.45) is 1.58. The molecular weight excluding hydrogens is 390 g/mol. The van der Waals surface area contributed by atoms with Crippen LogP contribution in [0.2, 0.25) is 0 Å². The molecule has 0 saturated carbocycles. The molecule has 1 heterocycles. The van der Waals surface area contributed by atoms with Crippen molar-refractivity contribution in [1.82, 2.24) is 4.98 Å². The van der Waals surface area contributed by atoms with Gasteiger partial charge >= 0.3 is 0 Å². The maximum absolute atomic E-state index is 12.5. The lowest BCUT2D eigenvalue weighted by atomic mass is 10.1. The molecule has 2 rings (SSSR count). The summed E-state index contributed by atoms with van der Waals surface area (Å²) in [5, 5.41) is 0. The molecule has 1 aromatic carbocycles. The second-order valence-corrected chi connectivity index (χ2v) is 5.65. The Morgan fingerprint density at radius 2 is 1.90 bits per heavy atom. The zero-order valence-corrected chi connectivity index (χ0v) is 14.0. The number of methoxy groups -OCH3 is 2. The Kier molecular flexibility index (Phi) is 4.77. The van der Waals surface area contributed by atoms with Crippen molar-refractivity contribution in [2.45, 2.75) is 0 Å². The third-order valence-electron chi connectivity index (χ3n) is 2.68. The zero-order chi connectivity index (χ0) is 14.7. The van der Waals surface area contributed by atoms with Crippen LogP contribution in [-0.2, 0) is 0 Å². The number of nitrogens with zero attached hydrogens (tertiary/aromatic N) is 1. The summed E-state index contributed by atoms with van der Waals surface area (Å²) in [4.78, 5) is 16.7. The van der Waals surface area contributed by atoms with Crippen molar-refractivity contribution >= 4 is 37.6 Å². The van der Waals surface area contributed by atoms with Crippen LogP contribution in [0.5, 0.6) is 11.5 Å². The highest BCUT2D eigenvalue weighted by atomic mass is 79.9. The summed E-state index contributed by atoms with van der Waals surface area (Å²) in [5.41, 5.74) is 0.764. The number of benzene rings is 1. The van der Waals surface area contributed by atoms with E-state index in [0.717, 1.165) is 4.47 Å². The maximum Gasteiger partial charge on any atom is 0.216 e. The van der Waals surface area contributed by atoms with Gasteiger partial charge in [0, 0.05) is 21.2 Å². The molecule has 104 valence electrons. The Hall–Kier alpha value is -1.40. The average molecular weight is 401 g/mol. The average Bonchev–Trinajstić information content (AvgIpc) is 2.46. The molecule has 0 radical (unpaired) electrons. The van der Waals surface area contributed by atoms with Crippen LogP contribution >= 0.6 is 31.9 Å². The molecule has 0 unspecified atom stereocenters. The summed E-state index contributed by atoms with van der Waals surface area (Å²) in [6, 6.07) is 6.81. The van der Waals surface area contributed by atoms with Gasteiger partial charge in [-0.25, -0.2) is 0 Å².